The number of esters is 1. The molecule has 0 radical (unpaired) electrons. The molecule has 0 heterocycles. The second-order valence-corrected chi connectivity index (χ2v) is 16.8. The number of ether oxygens (including phenoxy) is 1. The number of carbonyl (C=O) groups excluding carboxylic acids is 2. The highest BCUT2D eigenvalue weighted by Crippen LogP contribution is 2.14. The molecule has 58 heavy (non-hydrogen) atoms. The summed E-state index contributed by atoms with van der Waals surface area (Å²) in [6.07, 6.45) is 58.3. The number of aliphatic hydroxyl groups is 2. The van der Waals surface area contributed by atoms with Crippen LogP contribution in [0.3, 0.4) is 0 Å². The maximum Gasteiger partial charge on any atom is 0.305 e. The summed E-state index contributed by atoms with van der Waals surface area (Å²) < 4.78 is 5.45. The molecule has 6 heteroatoms. The third kappa shape index (κ3) is 43.4. The van der Waals surface area contributed by atoms with Crippen LogP contribution in [0.4, 0.5) is 0 Å². The summed E-state index contributed by atoms with van der Waals surface area (Å²) in [6.45, 7) is 4.81. The zero-order valence-electron chi connectivity index (χ0n) is 38.3. The van der Waals surface area contributed by atoms with E-state index in [2.05, 4.69) is 49.5 Å². The molecule has 2 unspecified atom stereocenters. The molecule has 0 saturated carbocycles. The van der Waals surface area contributed by atoms with E-state index in [0.717, 1.165) is 51.4 Å². The van der Waals surface area contributed by atoms with Gasteiger partial charge >= 0.3 is 5.97 Å². The first-order valence-electron chi connectivity index (χ1n) is 24.9. The fourth-order valence-electron chi connectivity index (χ4n) is 7.20. The smallest absolute Gasteiger partial charge is 0.305 e. The van der Waals surface area contributed by atoms with Gasteiger partial charge in [0, 0.05) is 12.8 Å². The van der Waals surface area contributed by atoms with Crippen molar-refractivity contribution in [3.8, 4) is 0 Å². The lowest BCUT2D eigenvalue weighted by molar-refractivity contribution is -0.143. The molecule has 0 aliphatic carbocycles. The van der Waals surface area contributed by atoms with Crippen LogP contribution in [0.25, 0.3) is 0 Å². The van der Waals surface area contributed by atoms with Crippen LogP contribution in [0.15, 0.2) is 48.6 Å². The average Bonchev–Trinajstić information content (AvgIpc) is 3.22. The molecule has 0 aromatic heterocycles. The summed E-state index contributed by atoms with van der Waals surface area (Å²) >= 11 is 0. The first-order chi connectivity index (χ1) is 28.5. The maximum absolute atomic E-state index is 12.3. The van der Waals surface area contributed by atoms with Crippen molar-refractivity contribution in [3.63, 3.8) is 0 Å². The number of nitrogens with one attached hydrogen (secondary N) is 1. The van der Waals surface area contributed by atoms with Crippen molar-refractivity contribution in [3.05, 3.63) is 48.6 Å². The average molecular weight is 814 g/mol. The van der Waals surface area contributed by atoms with Gasteiger partial charge in [-0.3, -0.25) is 9.59 Å². The monoisotopic (exact) mass is 814 g/mol. The zero-order valence-corrected chi connectivity index (χ0v) is 38.3. The van der Waals surface area contributed by atoms with E-state index in [1.807, 2.05) is 12.2 Å². The van der Waals surface area contributed by atoms with Gasteiger partial charge in [0.2, 0.25) is 5.91 Å². The van der Waals surface area contributed by atoms with E-state index in [1.165, 1.54) is 161 Å². The normalized spacial score (nSPS) is 13.1. The van der Waals surface area contributed by atoms with Crippen LogP contribution in [0.2, 0.25) is 0 Å². The van der Waals surface area contributed by atoms with Crippen LogP contribution >= 0.6 is 0 Å². The van der Waals surface area contributed by atoms with Crippen LogP contribution in [0.5, 0.6) is 0 Å². The summed E-state index contributed by atoms with van der Waals surface area (Å²) in [5.74, 6) is -0.178. The van der Waals surface area contributed by atoms with Gasteiger partial charge in [0.05, 0.1) is 25.4 Å². The zero-order chi connectivity index (χ0) is 42.3. The fraction of sp³-hybridized carbons (Fsp3) is 0.808. The molecule has 0 rings (SSSR count). The lowest BCUT2D eigenvalue weighted by Gasteiger charge is -2.19. The van der Waals surface area contributed by atoms with E-state index in [0.29, 0.717) is 25.9 Å². The standard InChI is InChI=1S/C52H95NO5/c1-3-5-7-9-11-13-15-17-18-19-22-26-30-34-38-42-46-52(57)58-47-43-39-35-31-27-23-20-21-25-29-33-37-41-45-51(56)53-49(48-54)50(55)44-40-36-32-28-24-16-14-12-10-8-6-4-2/h18-19,21,25,33,37,40,44,49-50,54-55H,3-17,20,22-24,26-32,34-36,38-39,41-43,45-48H2,1-2H3,(H,53,56)/b19-18-,25-21-,37-33-,44-40+. The Labute approximate surface area is 359 Å². The highest BCUT2D eigenvalue weighted by atomic mass is 16.5. The molecule has 0 aromatic carbocycles. The molecular formula is C52H95NO5. The van der Waals surface area contributed by atoms with Crippen molar-refractivity contribution in [2.75, 3.05) is 13.2 Å². The Balaban J connectivity index is 3.58. The first kappa shape index (κ1) is 55.8. The molecular weight excluding hydrogens is 719 g/mol. The number of aliphatic hydroxyl groups excluding tert-OH is 2. The number of hydrogen-bond donors (Lipinski definition) is 3. The molecule has 0 spiro atoms. The first-order valence-corrected chi connectivity index (χ1v) is 24.9. The lowest BCUT2D eigenvalue weighted by atomic mass is 10.1. The molecule has 0 bridgehead atoms. The lowest BCUT2D eigenvalue weighted by Crippen LogP contribution is -2.45. The van der Waals surface area contributed by atoms with Gasteiger partial charge in [0.15, 0.2) is 0 Å². The number of allylic oxidation sites excluding steroid dienone is 7. The summed E-state index contributed by atoms with van der Waals surface area (Å²) in [5, 5.41) is 22.9. The minimum Gasteiger partial charge on any atom is -0.466 e. The van der Waals surface area contributed by atoms with Gasteiger partial charge in [-0.1, -0.05) is 204 Å². The predicted molar refractivity (Wildman–Crippen MR) is 250 cm³/mol. The third-order valence-corrected chi connectivity index (χ3v) is 11.1. The third-order valence-electron chi connectivity index (χ3n) is 11.1. The van der Waals surface area contributed by atoms with Gasteiger partial charge in [-0.2, -0.15) is 0 Å². The van der Waals surface area contributed by atoms with Gasteiger partial charge in [0.25, 0.3) is 0 Å². The number of carbonyl (C=O) groups is 2. The van der Waals surface area contributed by atoms with E-state index in [-0.39, 0.29) is 18.5 Å². The van der Waals surface area contributed by atoms with E-state index in [1.54, 1.807) is 6.08 Å². The second-order valence-electron chi connectivity index (χ2n) is 16.8. The SMILES string of the molecule is CCCCCCCCC/C=C\CCCCCCCC(=O)OCCCCCCCC/C=C\C/C=C\CCC(=O)NC(CO)C(O)/C=C/CCCCCCCCCCCC. The summed E-state index contributed by atoms with van der Waals surface area (Å²) in [7, 11) is 0. The summed E-state index contributed by atoms with van der Waals surface area (Å²) in [6, 6.07) is -0.671. The molecule has 0 aliphatic heterocycles. The van der Waals surface area contributed by atoms with Crippen molar-refractivity contribution < 1.29 is 24.5 Å². The molecule has 0 saturated heterocycles. The quantitative estimate of drug-likeness (QED) is 0.0323. The maximum atomic E-state index is 12.3. The van der Waals surface area contributed by atoms with Crippen LogP contribution in [0.1, 0.15) is 245 Å². The topological polar surface area (TPSA) is 95.9 Å². The Hall–Kier alpha value is -2.18. The summed E-state index contributed by atoms with van der Waals surface area (Å²) in [5.41, 5.74) is 0. The van der Waals surface area contributed by atoms with Gasteiger partial charge in [-0.15, -0.1) is 0 Å². The number of amides is 1. The molecule has 3 N–H and O–H groups in total. The van der Waals surface area contributed by atoms with Crippen molar-refractivity contribution >= 4 is 11.9 Å². The van der Waals surface area contributed by atoms with Crippen molar-refractivity contribution in [2.24, 2.45) is 0 Å². The van der Waals surface area contributed by atoms with Crippen LogP contribution in [-0.4, -0.2) is 47.4 Å². The van der Waals surface area contributed by atoms with Gasteiger partial charge in [-0.05, 0) is 77.0 Å². The highest BCUT2D eigenvalue weighted by molar-refractivity contribution is 5.76. The van der Waals surface area contributed by atoms with Crippen molar-refractivity contribution in [2.45, 2.75) is 257 Å². The minimum absolute atomic E-state index is 0.0270. The highest BCUT2D eigenvalue weighted by Gasteiger charge is 2.17. The van der Waals surface area contributed by atoms with E-state index in [9.17, 15) is 19.8 Å². The Kier molecular flexibility index (Phi) is 45.7. The Morgan fingerprint density at radius 2 is 0.879 bits per heavy atom. The Morgan fingerprint density at radius 1 is 0.483 bits per heavy atom. The number of hydrogen-bond acceptors (Lipinski definition) is 5. The molecule has 2 atom stereocenters. The van der Waals surface area contributed by atoms with Crippen LogP contribution in [-0.2, 0) is 14.3 Å². The molecule has 1 amide bonds. The number of rotatable bonds is 45. The van der Waals surface area contributed by atoms with Crippen molar-refractivity contribution in [1.29, 1.82) is 0 Å². The minimum atomic E-state index is -0.879. The van der Waals surface area contributed by atoms with Crippen LogP contribution in [0, 0.1) is 0 Å². The van der Waals surface area contributed by atoms with E-state index in [4.69, 9.17) is 4.74 Å². The molecule has 338 valence electrons. The molecule has 0 fully saturated rings. The van der Waals surface area contributed by atoms with Gasteiger partial charge < -0.3 is 20.3 Å². The van der Waals surface area contributed by atoms with E-state index < -0.39 is 12.1 Å². The Morgan fingerprint density at radius 3 is 1.36 bits per heavy atom. The largest absolute Gasteiger partial charge is 0.466 e. The fourth-order valence-corrected chi connectivity index (χ4v) is 7.20. The molecule has 6 nitrogen and oxygen atoms in total. The predicted octanol–water partition coefficient (Wildman–Crippen LogP) is 14.7. The second kappa shape index (κ2) is 47.5. The van der Waals surface area contributed by atoms with Gasteiger partial charge in [0.1, 0.15) is 0 Å². The van der Waals surface area contributed by atoms with Crippen molar-refractivity contribution in [1.82, 2.24) is 5.32 Å². The molecule has 0 aliphatic rings. The van der Waals surface area contributed by atoms with Crippen LogP contribution < -0.4 is 5.32 Å². The molecule has 0 aromatic rings. The Bertz CT molecular complexity index is 988. The van der Waals surface area contributed by atoms with Gasteiger partial charge in [-0.25, -0.2) is 0 Å². The van der Waals surface area contributed by atoms with E-state index >= 15 is 0 Å². The number of unbranched alkanes of at least 4 members (excludes halogenated alkanes) is 28. The summed E-state index contributed by atoms with van der Waals surface area (Å²) in [4.78, 5) is 24.4.